The monoisotopic (exact) mass is 446 g/mol. The largest absolute Gasteiger partial charge is 0.414 e. The van der Waals surface area contributed by atoms with Crippen LogP contribution in [0.25, 0.3) is 0 Å². The molecular formula is C27H46O3Si. The molecule has 4 aliphatic rings. The smallest absolute Gasteiger partial charge is 0.192 e. The van der Waals surface area contributed by atoms with E-state index in [0.29, 0.717) is 23.5 Å². The minimum Gasteiger partial charge on any atom is -0.414 e. The van der Waals surface area contributed by atoms with Crippen molar-refractivity contribution in [1.82, 2.24) is 0 Å². The Morgan fingerprint density at radius 1 is 1.13 bits per heavy atom. The first-order valence-corrected chi connectivity index (χ1v) is 15.7. The highest BCUT2D eigenvalue weighted by atomic mass is 28.4. The van der Waals surface area contributed by atoms with Gasteiger partial charge in [-0.05, 0) is 98.6 Å². The molecule has 0 aromatic carbocycles. The maximum atomic E-state index is 12.4. The van der Waals surface area contributed by atoms with Gasteiger partial charge >= 0.3 is 0 Å². The molecule has 4 rings (SSSR count). The highest BCUT2D eigenvalue weighted by Gasteiger charge is 2.60. The number of carbonyl (C=O) groups excluding carboxylic acids is 1. The number of carbonyl (C=O) groups is 1. The van der Waals surface area contributed by atoms with Crippen molar-refractivity contribution in [3.8, 4) is 0 Å². The van der Waals surface area contributed by atoms with E-state index in [-0.39, 0.29) is 34.0 Å². The molecule has 176 valence electrons. The van der Waals surface area contributed by atoms with Crippen molar-refractivity contribution in [2.24, 2.45) is 34.5 Å². The molecule has 3 saturated carbocycles. The number of hydrogen-bond acceptors (Lipinski definition) is 3. The Hall–Kier alpha value is -0.453. The Morgan fingerprint density at radius 2 is 1.81 bits per heavy atom. The van der Waals surface area contributed by atoms with Gasteiger partial charge < -0.3 is 9.53 Å². The van der Waals surface area contributed by atoms with E-state index in [1.165, 1.54) is 0 Å². The Morgan fingerprint density at radius 3 is 2.42 bits per heavy atom. The van der Waals surface area contributed by atoms with Crippen LogP contribution in [0.5, 0.6) is 0 Å². The molecule has 1 N–H and O–H groups in total. The zero-order chi connectivity index (χ0) is 23.0. The predicted molar refractivity (Wildman–Crippen MR) is 129 cm³/mol. The van der Waals surface area contributed by atoms with Crippen LogP contribution in [-0.4, -0.2) is 31.4 Å². The van der Waals surface area contributed by atoms with Crippen LogP contribution < -0.4 is 0 Å². The number of rotatable bonds is 3. The third kappa shape index (κ3) is 3.63. The lowest BCUT2D eigenvalue weighted by Gasteiger charge is -2.58. The van der Waals surface area contributed by atoms with Gasteiger partial charge in [-0.2, -0.15) is 0 Å². The molecule has 0 aromatic heterocycles. The van der Waals surface area contributed by atoms with Gasteiger partial charge in [-0.15, -0.1) is 0 Å². The molecule has 3 nitrogen and oxygen atoms in total. The molecule has 0 aromatic rings. The van der Waals surface area contributed by atoms with Crippen LogP contribution in [0.15, 0.2) is 11.6 Å². The summed E-state index contributed by atoms with van der Waals surface area (Å²) in [6, 6.07) is 0. The Balaban J connectivity index is 1.58. The maximum absolute atomic E-state index is 12.4. The number of ketones is 1. The average molecular weight is 447 g/mol. The summed E-state index contributed by atoms with van der Waals surface area (Å²) in [5.74, 6) is 1.87. The third-order valence-electron chi connectivity index (χ3n) is 10.8. The van der Waals surface area contributed by atoms with Gasteiger partial charge in [0, 0.05) is 12.0 Å². The first-order valence-electron chi connectivity index (χ1n) is 12.8. The molecule has 0 amide bonds. The lowest BCUT2D eigenvalue weighted by Crippen LogP contribution is -2.55. The number of Topliss-reactive ketones (excluding diaryl/α,β-unsaturated/α-hetero) is 1. The molecule has 4 heteroatoms. The molecule has 0 heterocycles. The topological polar surface area (TPSA) is 46.5 Å². The van der Waals surface area contributed by atoms with Crippen LogP contribution in [0, 0.1) is 34.5 Å². The highest BCUT2D eigenvalue weighted by molar-refractivity contribution is 6.74. The van der Waals surface area contributed by atoms with Crippen LogP contribution >= 0.6 is 0 Å². The first-order chi connectivity index (χ1) is 14.2. The fraction of sp³-hybridized carbons (Fsp3) is 0.889. The van der Waals surface area contributed by atoms with Crippen LogP contribution in [0.3, 0.4) is 0 Å². The van der Waals surface area contributed by atoms with Gasteiger partial charge in [0.05, 0.1) is 6.10 Å². The molecule has 8 atom stereocenters. The quantitative estimate of drug-likeness (QED) is 0.397. The standard InChI is InChI=1S/C27H46O3Si/c1-17(28)20-9-10-21-19-16-24(29)23-15-18(30-31(7,8)25(2,3)4)11-13-27(23,6)22(19)12-14-26(20,21)5/h12,18-21,23-24,29H,9-11,13-16H2,1-8H3/t18-,19-,20+,21-,23+,24-,26+,27+/m0/s1. The van der Waals surface area contributed by atoms with Crippen molar-refractivity contribution in [3.63, 3.8) is 0 Å². The van der Waals surface area contributed by atoms with E-state index in [2.05, 4.69) is 53.8 Å². The SMILES string of the molecule is CC(=O)[C@H]1CC[C@H]2[C@@H]3C[C@H](O)[C@H]4C[C@@H](O[Si](C)(C)C(C)(C)C)CC[C@]4(C)C3=CC[C@]12C. The second-order valence-electron chi connectivity index (χ2n) is 13.4. The Kier molecular flexibility index (Phi) is 5.76. The van der Waals surface area contributed by atoms with Gasteiger partial charge in [0.2, 0.25) is 0 Å². The van der Waals surface area contributed by atoms with Crippen molar-refractivity contribution in [2.75, 3.05) is 0 Å². The second-order valence-corrected chi connectivity index (χ2v) is 18.2. The van der Waals surface area contributed by atoms with Crippen LogP contribution in [0.1, 0.15) is 86.5 Å². The van der Waals surface area contributed by atoms with Crippen molar-refractivity contribution in [1.29, 1.82) is 0 Å². The summed E-state index contributed by atoms with van der Waals surface area (Å²) < 4.78 is 6.82. The number of hydrogen-bond donors (Lipinski definition) is 1. The van der Waals surface area contributed by atoms with E-state index in [4.69, 9.17) is 4.43 Å². The first kappa shape index (κ1) is 23.7. The Bertz CT molecular complexity index is 765. The van der Waals surface area contributed by atoms with Gasteiger partial charge in [0.25, 0.3) is 0 Å². The summed E-state index contributed by atoms with van der Waals surface area (Å²) in [5, 5.41) is 11.6. The summed E-state index contributed by atoms with van der Waals surface area (Å²) in [7, 11) is -1.80. The summed E-state index contributed by atoms with van der Waals surface area (Å²) in [4.78, 5) is 12.4. The van der Waals surface area contributed by atoms with Crippen molar-refractivity contribution in [2.45, 2.75) is 117 Å². The predicted octanol–water partition coefficient (Wildman–Crippen LogP) is 6.52. The van der Waals surface area contributed by atoms with E-state index >= 15 is 0 Å². The van der Waals surface area contributed by atoms with Gasteiger partial charge in [-0.3, -0.25) is 4.79 Å². The molecule has 0 radical (unpaired) electrons. The molecule has 0 aliphatic heterocycles. The summed E-state index contributed by atoms with van der Waals surface area (Å²) >= 11 is 0. The number of aliphatic hydroxyl groups is 1. The zero-order valence-electron chi connectivity index (χ0n) is 21.3. The number of allylic oxidation sites excluding steroid dienone is 2. The minimum absolute atomic E-state index is 0.0886. The Labute approximate surface area is 191 Å². The minimum atomic E-state index is -1.80. The van der Waals surface area contributed by atoms with Gasteiger partial charge in [0.1, 0.15) is 5.78 Å². The van der Waals surface area contributed by atoms with E-state index in [9.17, 15) is 9.90 Å². The summed E-state index contributed by atoms with van der Waals surface area (Å²) in [6.45, 7) is 18.2. The molecule has 0 spiro atoms. The molecule has 4 aliphatic carbocycles. The fourth-order valence-corrected chi connectivity index (χ4v) is 9.31. The number of fused-ring (bicyclic) bond motifs is 5. The fourth-order valence-electron chi connectivity index (χ4n) is 7.90. The van der Waals surface area contributed by atoms with E-state index < -0.39 is 8.32 Å². The molecule has 0 saturated heterocycles. The van der Waals surface area contributed by atoms with Gasteiger partial charge in [0.15, 0.2) is 8.32 Å². The molecular weight excluding hydrogens is 400 g/mol. The van der Waals surface area contributed by atoms with Crippen LogP contribution in [0.4, 0.5) is 0 Å². The highest BCUT2D eigenvalue weighted by Crippen LogP contribution is 2.65. The molecule has 0 unspecified atom stereocenters. The van der Waals surface area contributed by atoms with E-state index in [1.54, 1.807) is 12.5 Å². The number of aliphatic hydroxyl groups excluding tert-OH is 1. The van der Waals surface area contributed by atoms with Gasteiger partial charge in [-0.1, -0.05) is 46.3 Å². The van der Waals surface area contributed by atoms with Crippen molar-refractivity contribution in [3.05, 3.63) is 11.6 Å². The van der Waals surface area contributed by atoms with E-state index in [0.717, 1.165) is 44.9 Å². The second kappa shape index (κ2) is 7.53. The zero-order valence-corrected chi connectivity index (χ0v) is 22.3. The normalized spacial score (nSPS) is 45.4. The average Bonchev–Trinajstić information content (AvgIpc) is 2.99. The molecule has 31 heavy (non-hydrogen) atoms. The summed E-state index contributed by atoms with van der Waals surface area (Å²) in [5.41, 5.74) is 1.80. The lowest BCUT2D eigenvalue weighted by atomic mass is 9.48. The van der Waals surface area contributed by atoms with E-state index in [1.807, 2.05) is 0 Å². The molecule has 3 fully saturated rings. The van der Waals surface area contributed by atoms with Crippen molar-refractivity contribution >= 4 is 14.1 Å². The van der Waals surface area contributed by atoms with Gasteiger partial charge in [-0.25, -0.2) is 0 Å². The van der Waals surface area contributed by atoms with Crippen molar-refractivity contribution < 1.29 is 14.3 Å². The summed E-state index contributed by atoms with van der Waals surface area (Å²) in [6.07, 6.45) is 9.87. The maximum Gasteiger partial charge on any atom is 0.192 e. The third-order valence-corrected chi connectivity index (χ3v) is 15.3. The lowest BCUT2D eigenvalue weighted by molar-refractivity contribution is -0.125. The van der Waals surface area contributed by atoms with Crippen LogP contribution in [0.2, 0.25) is 18.1 Å². The van der Waals surface area contributed by atoms with Crippen LogP contribution in [-0.2, 0) is 9.22 Å². The molecule has 0 bridgehead atoms.